The first-order valence-corrected chi connectivity index (χ1v) is 12.1. The number of likely N-dealkylation sites (N-methyl/N-ethyl adjacent to an activating group) is 1. The summed E-state index contributed by atoms with van der Waals surface area (Å²) in [7, 11) is 3.69. The summed E-state index contributed by atoms with van der Waals surface area (Å²) in [6.07, 6.45) is 5.09. The standard InChI is InChI=1S/C25H21N9OS/c1-34(2)12-20(35)28-16-9-15(10-26-11-16)18-3-4-19-22(29-18)23(33-32-19)25-30-21-17(14-6-8-36-13-14)5-7-27-24(21)31-25/h3-11,13H,12H2,1-2H3,(H,28,35)(H,32,33)(H,27,30,31). The van der Waals surface area contributed by atoms with Crippen molar-refractivity contribution in [3.05, 3.63) is 59.7 Å². The molecule has 0 atom stereocenters. The summed E-state index contributed by atoms with van der Waals surface area (Å²) in [6.45, 7) is 0.285. The largest absolute Gasteiger partial charge is 0.335 e. The minimum Gasteiger partial charge on any atom is -0.335 e. The molecule has 6 heterocycles. The van der Waals surface area contributed by atoms with E-state index in [1.54, 1.807) is 34.8 Å². The molecule has 11 heteroatoms. The van der Waals surface area contributed by atoms with Crippen molar-refractivity contribution in [1.82, 2.24) is 40.0 Å². The highest BCUT2D eigenvalue weighted by atomic mass is 32.1. The van der Waals surface area contributed by atoms with Crippen molar-refractivity contribution < 1.29 is 4.79 Å². The molecule has 0 unspecified atom stereocenters. The third kappa shape index (κ3) is 4.10. The van der Waals surface area contributed by atoms with E-state index >= 15 is 0 Å². The maximum absolute atomic E-state index is 12.2. The lowest BCUT2D eigenvalue weighted by Gasteiger charge is -2.10. The maximum Gasteiger partial charge on any atom is 0.238 e. The summed E-state index contributed by atoms with van der Waals surface area (Å²) in [6, 6.07) is 9.71. The number of aromatic amines is 2. The summed E-state index contributed by atoms with van der Waals surface area (Å²) in [4.78, 5) is 35.6. The Balaban J connectivity index is 1.38. The van der Waals surface area contributed by atoms with Gasteiger partial charge in [-0.2, -0.15) is 16.4 Å². The number of fused-ring (bicyclic) bond motifs is 2. The molecule has 36 heavy (non-hydrogen) atoms. The number of rotatable bonds is 6. The van der Waals surface area contributed by atoms with Crippen molar-refractivity contribution in [1.29, 1.82) is 0 Å². The van der Waals surface area contributed by atoms with Gasteiger partial charge >= 0.3 is 0 Å². The molecule has 6 aromatic rings. The maximum atomic E-state index is 12.2. The number of thiophene rings is 1. The van der Waals surface area contributed by atoms with Crippen molar-refractivity contribution in [3.63, 3.8) is 0 Å². The van der Waals surface area contributed by atoms with Crippen LogP contribution in [0.2, 0.25) is 0 Å². The number of nitrogens with zero attached hydrogens (tertiary/aromatic N) is 6. The third-order valence-electron chi connectivity index (χ3n) is 5.63. The first-order valence-electron chi connectivity index (χ1n) is 11.2. The van der Waals surface area contributed by atoms with Crippen LogP contribution in [0.25, 0.3) is 56.1 Å². The Morgan fingerprint density at radius 1 is 1.11 bits per heavy atom. The predicted octanol–water partition coefficient (Wildman–Crippen LogP) is 4.19. The number of amides is 1. The van der Waals surface area contributed by atoms with Gasteiger partial charge in [0.15, 0.2) is 17.2 Å². The monoisotopic (exact) mass is 495 g/mol. The average Bonchev–Trinajstić information content (AvgIpc) is 3.62. The molecule has 0 aliphatic carbocycles. The summed E-state index contributed by atoms with van der Waals surface area (Å²) < 4.78 is 0. The molecule has 0 aliphatic rings. The zero-order chi connectivity index (χ0) is 24.6. The lowest BCUT2D eigenvalue weighted by Crippen LogP contribution is -2.27. The molecule has 3 N–H and O–H groups in total. The van der Waals surface area contributed by atoms with Gasteiger partial charge in [-0.1, -0.05) is 0 Å². The van der Waals surface area contributed by atoms with Crippen LogP contribution in [-0.2, 0) is 4.79 Å². The van der Waals surface area contributed by atoms with E-state index < -0.39 is 0 Å². The van der Waals surface area contributed by atoms with Crippen LogP contribution in [0.4, 0.5) is 5.69 Å². The smallest absolute Gasteiger partial charge is 0.238 e. The third-order valence-corrected chi connectivity index (χ3v) is 6.32. The van der Waals surface area contributed by atoms with Gasteiger partial charge in [0.2, 0.25) is 5.91 Å². The van der Waals surface area contributed by atoms with Gasteiger partial charge in [0.25, 0.3) is 0 Å². The van der Waals surface area contributed by atoms with E-state index in [0.717, 1.165) is 27.7 Å². The van der Waals surface area contributed by atoms with Gasteiger partial charge in [-0.25, -0.2) is 15.0 Å². The topological polar surface area (TPSA) is 128 Å². The van der Waals surface area contributed by atoms with Crippen molar-refractivity contribution in [2.75, 3.05) is 26.0 Å². The summed E-state index contributed by atoms with van der Waals surface area (Å²) in [5, 5.41) is 14.5. The molecule has 0 aromatic carbocycles. The van der Waals surface area contributed by atoms with E-state index in [2.05, 4.69) is 41.9 Å². The van der Waals surface area contributed by atoms with Gasteiger partial charge in [-0.3, -0.25) is 14.9 Å². The van der Waals surface area contributed by atoms with Crippen molar-refractivity contribution in [2.24, 2.45) is 0 Å². The van der Waals surface area contributed by atoms with Gasteiger partial charge < -0.3 is 15.2 Å². The number of carbonyl (C=O) groups is 1. The van der Waals surface area contributed by atoms with Crippen LogP contribution < -0.4 is 5.32 Å². The molecular formula is C25H21N9OS. The molecule has 10 nitrogen and oxygen atoms in total. The van der Waals surface area contributed by atoms with Gasteiger partial charge in [-0.15, -0.1) is 0 Å². The number of nitrogens with one attached hydrogen (secondary N) is 3. The van der Waals surface area contributed by atoms with E-state index in [0.29, 0.717) is 34.1 Å². The minimum atomic E-state index is -0.111. The number of imidazole rings is 1. The van der Waals surface area contributed by atoms with Crippen molar-refractivity contribution in [2.45, 2.75) is 0 Å². The van der Waals surface area contributed by atoms with E-state index in [9.17, 15) is 4.79 Å². The number of pyridine rings is 3. The molecule has 0 saturated heterocycles. The van der Waals surface area contributed by atoms with Gasteiger partial charge in [-0.05, 0) is 60.8 Å². The molecule has 6 rings (SSSR count). The van der Waals surface area contributed by atoms with Crippen molar-refractivity contribution in [3.8, 4) is 33.9 Å². The van der Waals surface area contributed by atoms with E-state index in [1.807, 2.05) is 43.7 Å². The molecular weight excluding hydrogens is 474 g/mol. The normalized spacial score (nSPS) is 11.5. The second-order valence-corrected chi connectivity index (χ2v) is 9.35. The molecule has 0 fully saturated rings. The zero-order valence-electron chi connectivity index (χ0n) is 19.5. The Labute approximate surface area is 209 Å². The fourth-order valence-electron chi connectivity index (χ4n) is 4.04. The van der Waals surface area contributed by atoms with Crippen LogP contribution in [0.5, 0.6) is 0 Å². The second kappa shape index (κ2) is 8.95. The molecule has 0 bridgehead atoms. The van der Waals surface area contributed by atoms with Gasteiger partial charge in [0.05, 0.1) is 35.2 Å². The zero-order valence-corrected chi connectivity index (χ0v) is 20.3. The Bertz CT molecular complexity index is 1700. The van der Waals surface area contributed by atoms with Gasteiger partial charge in [0, 0.05) is 23.5 Å². The highest BCUT2D eigenvalue weighted by Crippen LogP contribution is 2.32. The van der Waals surface area contributed by atoms with Crippen LogP contribution in [-0.4, -0.2) is 66.6 Å². The molecule has 0 aliphatic heterocycles. The summed E-state index contributed by atoms with van der Waals surface area (Å²) in [5.74, 6) is 0.471. The molecule has 178 valence electrons. The molecule has 1 amide bonds. The number of hydrogen-bond donors (Lipinski definition) is 3. The highest BCUT2D eigenvalue weighted by molar-refractivity contribution is 7.08. The fraction of sp³-hybridized carbons (Fsp3) is 0.120. The number of H-pyrrole nitrogens is 2. The lowest BCUT2D eigenvalue weighted by molar-refractivity contribution is -0.116. The van der Waals surface area contributed by atoms with Crippen LogP contribution in [0.1, 0.15) is 0 Å². The Kier molecular flexibility index (Phi) is 5.47. The molecule has 0 saturated carbocycles. The second-order valence-electron chi connectivity index (χ2n) is 8.57. The van der Waals surface area contributed by atoms with E-state index in [4.69, 9.17) is 9.97 Å². The van der Waals surface area contributed by atoms with Crippen LogP contribution in [0.15, 0.2) is 59.7 Å². The van der Waals surface area contributed by atoms with E-state index in [1.165, 1.54) is 0 Å². The first-order chi connectivity index (χ1) is 17.5. The van der Waals surface area contributed by atoms with Crippen LogP contribution >= 0.6 is 11.3 Å². The molecule has 0 radical (unpaired) electrons. The quantitative estimate of drug-likeness (QED) is 0.316. The fourth-order valence-corrected chi connectivity index (χ4v) is 4.70. The van der Waals surface area contributed by atoms with Crippen molar-refractivity contribution >= 4 is 45.1 Å². The Morgan fingerprint density at radius 2 is 2.03 bits per heavy atom. The molecule has 6 aromatic heterocycles. The lowest BCUT2D eigenvalue weighted by atomic mass is 10.1. The number of aromatic nitrogens is 7. The summed E-state index contributed by atoms with van der Waals surface area (Å²) in [5.41, 5.74) is 7.76. The Hall–Kier alpha value is -4.48. The number of hydrogen-bond acceptors (Lipinski definition) is 8. The Morgan fingerprint density at radius 3 is 2.86 bits per heavy atom. The van der Waals surface area contributed by atoms with Gasteiger partial charge in [0.1, 0.15) is 5.52 Å². The molecule has 0 spiro atoms. The number of anilines is 1. The highest BCUT2D eigenvalue weighted by Gasteiger charge is 2.17. The van der Waals surface area contributed by atoms with E-state index in [-0.39, 0.29) is 12.5 Å². The average molecular weight is 496 g/mol. The van der Waals surface area contributed by atoms with Crippen LogP contribution in [0.3, 0.4) is 0 Å². The minimum absolute atomic E-state index is 0.111. The predicted molar refractivity (Wildman–Crippen MR) is 140 cm³/mol. The first kappa shape index (κ1) is 22.0. The number of carbonyl (C=O) groups excluding carboxylic acids is 1. The SMILES string of the molecule is CN(C)CC(=O)Nc1cncc(-c2ccc3[nH]nc(-c4nc5nccc(-c6ccsc6)c5[nH]4)c3n2)c1. The summed E-state index contributed by atoms with van der Waals surface area (Å²) >= 11 is 1.64. The van der Waals surface area contributed by atoms with Crippen LogP contribution in [0, 0.1) is 0 Å².